The summed E-state index contributed by atoms with van der Waals surface area (Å²) in [4.78, 5) is 27.5. The summed E-state index contributed by atoms with van der Waals surface area (Å²) < 4.78 is 19.3. The van der Waals surface area contributed by atoms with E-state index in [-0.39, 0.29) is 12.3 Å². The Bertz CT molecular complexity index is 1080. The minimum Gasteiger partial charge on any atom is -0.480 e. The molecule has 7 nitrogen and oxygen atoms in total. The Balaban J connectivity index is 1.77. The molecule has 31 heavy (non-hydrogen) atoms. The molecule has 1 aromatic heterocycles. The van der Waals surface area contributed by atoms with Gasteiger partial charge in [-0.25, -0.2) is 9.37 Å². The van der Waals surface area contributed by atoms with Crippen LogP contribution in [0.15, 0.2) is 53.1 Å². The molecule has 1 heterocycles. The number of hydrogen-bond acceptors (Lipinski definition) is 5. The number of rotatable bonds is 8. The Morgan fingerprint density at radius 3 is 2.58 bits per heavy atom. The Hall–Kier alpha value is -3.23. The summed E-state index contributed by atoms with van der Waals surface area (Å²) >= 11 is 5.96. The molecule has 0 aliphatic rings. The van der Waals surface area contributed by atoms with Gasteiger partial charge in [0, 0.05) is 16.6 Å². The maximum Gasteiger partial charge on any atom is 0.320 e. The second-order valence-electron chi connectivity index (χ2n) is 7.15. The molecule has 0 saturated carbocycles. The number of oxazole rings is 1. The van der Waals surface area contributed by atoms with Crippen LogP contribution in [0.5, 0.6) is 0 Å². The molecule has 0 radical (unpaired) electrons. The molecule has 0 aliphatic heterocycles. The van der Waals surface area contributed by atoms with Gasteiger partial charge in [-0.1, -0.05) is 35.9 Å². The van der Waals surface area contributed by atoms with Crippen LogP contribution >= 0.6 is 11.6 Å². The van der Waals surface area contributed by atoms with E-state index in [1.54, 1.807) is 37.3 Å². The number of halogens is 2. The molecular formula is C22H21ClFN3O4. The van der Waals surface area contributed by atoms with Gasteiger partial charge in [-0.2, -0.15) is 0 Å². The molecule has 2 aromatic carbocycles. The van der Waals surface area contributed by atoms with Crippen molar-refractivity contribution in [2.75, 3.05) is 0 Å². The fraction of sp³-hybridized carbons (Fsp3) is 0.227. The number of aromatic nitrogens is 1. The first-order valence-electron chi connectivity index (χ1n) is 9.49. The lowest BCUT2D eigenvalue weighted by Gasteiger charge is -2.20. The van der Waals surface area contributed by atoms with Crippen LogP contribution in [0.4, 0.5) is 4.39 Å². The zero-order valence-electron chi connectivity index (χ0n) is 16.6. The molecule has 0 aliphatic carbocycles. The van der Waals surface area contributed by atoms with Crippen LogP contribution in [-0.2, 0) is 11.2 Å². The van der Waals surface area contributed by atoms with E-state index in [0.717, 1.165) is 5.56 Å². The standard InChI is InChI=1S/C22H21ClFN3O4/c1-12-11-26-21(31-12)20(28)27-16(10-19(25)22(29)30)8-13-2-4-14(5-3-13)17-9-15(23)6-7-18(17)24/h2-7,9,11,16,19H,8,10,25H2,1H3,(H,27,28)(H,29,30)/t16-,19-/m1/s1. The van der Waals surface area contributed by atoms with E-state index in [2.05, 4.69) is 10.3 Å². The van der Waals surface area contributed by atoms with Crippen molar-refractivity contribution < 1.29 is 23.5 Å². The molecule has 9 heteroatoms. The number of hydrogen-bond donors (Lipinski definition) is 3. The maximum absolute atomic E-state index is 14.1. The van der Waals surface area contributed by atoms with Crippen molar-refractivity contribution in [1.82, 2.24) is 10.3 Å². The van der Waals surface area contributed by atoms with Crippen LogP contribution in [0.2, 0.25) is 5.02 Å². The van der Waals surface area contributed by atoms with Gasteiger partial charge in [-0.3, -0.25) is 9.59 Å². The highest BCUT2D eigenvalue weighted by molar-refractivity contribution is 6.30. The van der Waals surface area contributed by atoms with Gasteiger partial charge < -0.3 is 20.6 Å². The molecule has 4 N–H and O–H groups in total. The topological polar surface area (TPSA) is 118 Å². The summed E-state index contributed by atoms with van der Waals surface area (Å²) in [6, 6.07) is 9.59. The van der Waals surface area contributed by atoms with Crippen molar-refractivity contribution in [3.8, 4) is 11.1 Å². The number of nitrogens with one attached hydrogen (secondary N) is 1. The third-order valence-electron chi connectivity index (χ3n) is 4.68. The van der Waals surface area contributed by atoms with Crippen LogP contribution < -0.4 is 11.1 Å². The summed E-state index contributed by atoms with van der Waals surface area (Å²) in [5.41, 5.74) is 7.49. The lowest BCUT2D eigenvalue weighted by atomic mass is 9.97. The Kier molecular flexibility index (Phi) is 7.04. The summed E-state index contributed by atoms with van der Waals surface area (Å²) in [5.74, 6) is -1.76. The summed E-state index contributed by atoms with van der Waals surface area (Å²) in [6.45, 7) is 1.66. The minimum absolute atomic E-state index is 0.00539. The van der Waals surface area contributed by atoms with E-state index in [0.29, 0.717) is 28.3 Å². The van der Waals surface area contributed by atoms with Gasteiger partial charge in [0.1, 0.15) is 17.6 Å². The number of aliphatic carboxylic acids is 1. The number of carboxylic acid groups (broad SMARTS) is 1. The fourth-order valence-corrected chi connectivity index (χ4v) is 3.30. The smallest absolute Gasteiger partial charge is 0.320 e. The lowest BCUT2D eigenvalue weighted by Crippen LogP contribution is -2.43. The molecule has 0 bridgehead atoms. The number of benzene rings is 2. The van der Waals surface area contributed by atoms with Crippen molar-refractivity contribution >= 4 is 23.5 Å². The van der Waals surface area contributed by atoms with Gasteiger partial charge in [-0.15, -0.1) is 0 Å². The molecule has 1 amide bonds. The summed E-state index contributed by atoms with van der Waals surface area (Å²) in [7, 11) is 0. The Labute approximate surface area is 183 Å². The van der Waals surface area contributed by atoms with E-state index < -0.39 is 29.8 Å². The SMILES string of the molecule is Cc1cnc(C(=O)N[C@H](Cc2ccc(-c3cc(Cl)ccc3F)cc2)C[C@@H](N)C(=O)O)o1. The fourth-order valence-electron chi connectivity index (χ4n) is 3.13. The first-order valence-corrected chi connectivity index (χ1v) is 9.86. The quantitative estimate of drug-likeness (QED) is 0.487. The van der Waals surface area contributed by atoms with Gasteiger partial charge in [0.15, 0.2) is 0 Å². The van der Waals surface area contributed by atoms with Crippen molar-refractivity contribution in [2.24, 2.45) is 5.73 Å². The zero-order chi connectivity index (χ0) is 22.5. The van der Waals surface area contributed by atoms with Crippen molar-refractivity contribution in [1.29, 1.82) is 0 Å². The minimum atomic E-state index is -1.17. The first kappa shape index (κ1) is 22.5. The van der Waals surface area contributed by atoms with Gasteiger partial charge in [-0.05, 0) is 49.1 Å². The van der Waals surface area contributed by atoms with Crippen LogP contribution in [0.3, 0.4) is 0 Å². The van der Waals surface area contributed by atoms with Gasteiger partial charge in [0.05, 0.1) is 6.20 Å². The largest absolute Gasteiger partial charge is 0.480 e. The van der Waals surface area contributed by atoms with Gasteiger partial charge >= 0.3 is 11.9 Å². The van der Waals surface area contributed by atoms with E-state index in [1.165, 1.54) is 18.3 Å². The molecular weight excluding hydrogens is 425 g/mol. The van der Waals surface area contributed by atoms with Gasteiger partial charge in [0.2, 0.25) is 0 Å². The average molecular weight is 446 g/mol. The maximum atomic E-state index is 14.1. The molecule has 0 spiro atoms. The average Bonchev–Trinajstić information content (AvgIpc) is 3.17. The second-order valence-corrected chi connectivity index (χ2v) is 7.59. The van der Waals surface area contributed by atoms with Gasteiger partial charge in [0.25, 0.3) is 5.89 Å². The van der Waals surface area contributed by atoms with Crippen molar-refractivity contribution in [2.45, 2.75) is 31.8 Å². The number of nitrogens with zero attached hydrogens (tertiary/aromatic N) is 1. The monoisotopic (exact) mass is 445 g/mol. The molecule has 0 unspecified atom stereocenters. The highest BCUT2D eigenvalue weighted by atomic mass is 35.5. The van der Waals surface area contributed by atoms with E-state index >= 15 is 0 Å². The number of aryl methyl sites for hydroxylation is 1. The number of carbonyl (C=O) groups excluding carboxylic acids is 1. The lowest BCUT2D eigenvalue weighted by molar-refractivity contribution is -0.138. The predicted molar refractivity (Wildman–Crippen MR) is 113 cm³/mol. The zero-order valence-corrected chi connectivity index (χ0v) is 17.4. The third kappa shape index (κ3) is 5.90. The third-order valence-corrected chi connectivity index (χ3v) is 4.92. The number of carbonyl (C=O) groups is 2. The molecule has 3 rings (SSSR count). The molecule has 3 aromatic rings. The van der Waals surface area contributed by atoms with Crippen molar-refractivity contribution in [3.05, 3.63) is 76.7 Å². The highest BCUT2D eigenvalue weighted by Crippen LogP contribution is 2.26. The Morgan fingerprint density at radius 1 is 1.26 bits per heavy atom. The second kappa shape index (κ2) is 9.72. The molecule has 0 saturated heterocycles. The van der Waals surface area contributed by atoms with Crippen LogP contribution in [-0.4, -0.2) is 34.1 Å². The number of carboxylic acids is 1. The molecule has 0 fully saturated rings. The normalized spacial score (nSPS) is 12.9. The number of nitrogens with two attached hydrogens (primary N) is 1. The van der Waals surface area contributed by atoms with Crippen LogP contribution in [0, 0.1) is 12.7 Å². The first-order chi connectivity index (χ1) is 14.7. The Morgan fingerprint density at radius 2 is 1.97 bits per heavy atom. The molecule has 2 atom stereocenters. The molecule has 162 valence electrons. The van der Waals surface area contributed by atoms with E-state index in [9.17, 15) is 14.0 Å². The van der Waals surface area contributed by atoms with Crippen LogP contribution in [0.25, 0.3) is 11.1 Å². The number of amides is 1. The predicted octanol–water partition coefficient (Wildman–Crippen LogP) is 3.59. The van der Waals surface area contributed by atoms with E-state index in [4.69, 9.17) is 26.9 Å². The highest BCUT2D eigenvalue weighted by Gasteiger charge is 2.23. The van der Waals surface area contributed by atoms with Crippen molar-refractivity contribution in [3.63, 3.8) is 0 Å². The summed E-state index contributed by atoms with van der Waals surface area (Å²) in [5, 5.41) is 12.3. The summed E-state index contributed by atoms with van der Waals surface area (Å²) in [6.07, 6.45) is 1.73. The van der Waals surface area contributed by atoms with E-state index in [1.807, 2.05) is 0 Å². The van der Waals surface area contributed by atoms with Crippen LogP contribution in [0.1, 0.15) is 28.4 Å².